The molecule has 0 fully saturated rings. The lowest BCUT2D eigenvalue weighted by molar-refractivity contribution is 0.0696. The van der Waals surface area contributed by atoms with E-state index in [0.29, 0.717) is 6.07 Å². The second-order valence-electron chi connectivity index (χ2n) is 3.65. The molecule has 2 rings (SSSR count). The molecule has 7 heteroatoms. The van der Waals surface area contributed by atoms with Crippen LogP contribution >= 0.6 is 11.6 Å². The van der Waals surface area contributed by atoms with Crippen LogP contribution in [0.3, 0.4) is 0 Å². The Kier molecular flexibility index (Phi) is 3.35. The molecule has 0 saturated heterocycles. The summed E-state index contributed by atoms with van der Waals surface area (Å²) in [5, 5.41) is 8.50. The van der Waals surface area contributed by atoms with Gasteiger partial charge in [0.25, 0.3) is 5.56 Å². The number of rotatable bonds is 2. The molecule has 0 unspecified atom stereocenters. The molecule has 2 aromatic rings. The van der Waals surface area contributed by atoms with Crippen LogP contribution in [0.15, 0.2) is 35.3 Å². The maximum Gasteiger partial charge on any atom is 0.337 e. The third kappa shape index (κ3) is 2.48. The van der Waals surface area contributed by atoms with Crippen molar-refractivity contribution in [2.75, 3.05) is 0 Å². The van der Waals surface area contributed by atoms with Crippen molar-refractivity contribution in [2.45, 2.75) is 0 Å². The Balaban J connectivity index is 2.75. The number of aromatic nitrogens is 1. The smallest absolute Gasteiger partial charge is 0.337 e. The van der Waals surface area contributed by atoms with Gasteiger partial charge in [-0.25, -0.2) is 13.6 Å². The van der Waals surface area contributed by atoms with Gasteiger partial charge in [-0.2, -0.15) is 0 Å². The lowest BCUT2D eigenvalue weighted by atomic mass is 10.2. The quantitative estimate of drug-likeness (QED) is 0.922. The zero-order valence-corrected chi connectivity index (χ0v) is 9.99. The Hall–Kier alpha value is -2.21. The molecule has 0 aliphatic carbocycles. The SMILES string of the molecule is O=C(O)c1ccc(=O)n(-c2c(F)cc(F)cc2Cl)c1. The number of nitrogens with zero attached hydrogens (tertiary/aromatic N) is 1. The van der Waals surface area contributed by atoms with E-state index in [0.717, 1.165) is 29.0 Å². The highest BCUT2D eigenvalue weighted by molar-refractivity contribution is 6.32. The number of halogens is 3. The fourth-order valence-corrected chi connectivity index (χ4v) is 1.84. The molecular weight excluding hydrogens is 280 g/mol. The van der Waals surface area contributed by atoms with Gasteiger partial charge in [0, 0.05) is 18.3 Å². The molecule has 19 heavy (non-hydrogen) atoms. The molecular formula is C12H6ClF2NO3. The summed E-state index contributed by atoms with van der Waals surface area (Å²) < 4.78 is 27.3. The van der Waals surface area contributed by atoms with Crippen LogP contribution in [0.25, 0.3) is 5.69 Å². The lowest BCUT2D eigenvalue weighted by Gasteiger charge is -2.09. The van der Waals surface area contributed by atoms with Crippen molar-refractivity contribution in [3.8, 4) is 5.69 Å². The fraction of sp³-hybridized carbons (Fsp3) is 0. The highest BCUT2D eigenvalue weighted by Gasteiger charge is 2.15. The van der Waals surface area contributed by atoms with Crippen molar-refractivity contribution in [1.82, 2.24) is 4.57 Å². The van der Waals surface area contributed by atoms with E-state index in [1.807, 2.05) is 0 Å². The van der Waals surface area contributed by atoms with Crippen LogP contribution in [0.5, 0.6) is 0 Å². The van der Waals surface area contributed by atoms with Crippen LogP contribution in [-0.4, -0.2) is 15.6 Å². The molecule has 1 heterocycles. The lowest BCUT2D eigenvalue weighted by Crippen LogP contribution is -2.20. The molecule has 0 saturated carbocycles. The van der Waals surface area contributed by atoms with Gasteiger partial charge in [-0.3, -0.25) is 9.36 Å². The number of carboxylic acids is 1. The van der Waals surface area contributed by atoms with E-state index in [-0.39, 0.29) is 10.6 Å². The highest BCUT2D eigenvalue weighted by Crippen LogP contribution is 2.24. The number of hydrogen-bond donors (Lipinski definition) is 1. The first-order valence-electron chi connectivity index (χ1n) is 5.01. The topological polar surface area (TPSA) is 59.3 Å². The minimum absolute atomic E-state index is 0.223. The molecule has 0 atom stereocenters. The molecule has 0 amide bonds. The Morgan fingerprint density at radius 1 is 1.26 bits per heavy atom. The molecule has 0 radical (unpaired) electrons. The summed E-state index contributed by atoms with van der Waals surface area (Å²) in [6, 6.07) is 3.43. The number of benzene rings is 1. The van der Waals surface area contributed by atoms with Crippen molar-refractivity contribution < 1.29 is 18.7 Å². The first kappa shape index (κ1) is 13.2. The molecule has 0 aliphatic rings. The third-order valence-corrected chi connectivity index (χ3v) is 2.67. The van der Waals surface area contributed by atoms with Gasteiger partial charge in [0.15, 0.2) is 5.82 Å². The van der Waals surface area contributed by atoms with Gasteiger partial charge >= 0.3 is 5.97 Å². The van der Waals surface area contributed by atoms with Crippen LogP contribution in [-0.2, 0) is 0 Å². The second-order valence-corrected chi connectivity index (χ2v) is 4.06. The predicted octanol–water partition coefficient (Wildman–Crippen LogP) is 2.47. The molecule has 1 N–H and O–H groups in total. The van der Waals surface area contributed by atoms with Gasteiger partial charge in [0.1, 0.15) is 11.5 Å². The zero-order chi connectivity index (χ0) is 14.2. The highest BCUT2D eigenvalue weighted by atomic mass is 35.5. The molecule has 1 aromatic heterocycles. The summed E-state index contributed by atoms with van der Waals surface area (Å²) in [7, 11) is 0. The van der Waals surface area contributed by atoms with E-state index in [1.54, 1.807) is 0 Å². The van der Waals surface area contributed by atoms with Gasteiger partial charge in [0.2, 0.25) is 0 Å². The van der Waals surface area contributed by atoms with E-state index in [2.05, 4.69) is 0 Å². The van der Waals surface area contributed by atoms with Crippen molar-refractivity contribution in [3.05, 3.63) is 63.0 Å². The zero-order valence-electron chi connectivity index (χ0n) is 9.23. The molecule has 0 bridgehead atoms. The summed E-state index contributed by atoms with van der Waals surface area (Å²) >= 11 is 5.69. The van der Waals surface area contributed by atoms with Gasteiger partial charge < -0.3 is 5.11 Å². The fourth-order valence-electron chi connectivity index (χ4n) is 1.55. The summed E-state index contributed by atoms with van der Waals surface area (Å²) in [5.74, 6) is -3.24. The van der Waals surface area contributed by atoms with Crippen LogP contribution in [0, 0.1) is 11.6 Å². The van der Waals surface area contributed by atoms with Gasteiger partial charge in [0.05, 0.1) is 10.6 Å². The van der Waals surface area contributed by atoms with E-state index in [4.69, 9.17) is 16.7 Å². The predicted molar refractivity (Wildman–Crippen MR) is 63.9 cm³/mol. The average molecular weight is 286 g/mol. The largest absolute Gasteiger partial charge is 0.478 e. The molecule has 98 valence electrons. The molecule has 0 spiro atoms. The number of aromatic carboxylic acids is 1. The summed E-state index contributed by atoms with van der Waals surface area (Å²) in [6.45, 7) is 0. The molecule has 4 nitrogen and oxygen atoms in total. The van der Waals surface area contributed by atoms with E-state index >= 15 is 0 Å². The maximum atomic E-state index is 13.7. The monoisotopic (exact) mass is 285 g/mol. The van der Waals surface area contributed by atoms with Crippen molar-refractivity contribution >= 4 is 17.6 Å². The second kappa shape index (κ2) is 4.81. The molecule has 0 aliphatic heterocycles. The number of carbonyl (C=O) groups is 1. The summed E-state index contributed by atoms with van der Waals surface area (Å²) in [6.07, 6.45) is 0.923. The summed E-state index contributed by atoms with van der Waals surface area (Å²) in [5.41, 5.74) is -1.30. The number of carboxylic acid groups (broad SMARTS) is 1. The Labute approximate surface area is 110 Å². The first-order chi connectivity index (χ1) is 8.90. The summed E-state index contributed by atoms with van der Waals surface area (Å²) in [4.78, 5) is 22.5. The van der Waals surface area contributed by atoms with Gasteiger partial charge in [-0.1, -0.05) is 11.6 Å². The van der Waals surface area contributed by atoms with E-state index < -0.39 is 28.9 Å². The standard InChI is InChI=1S/C12H6ClF2NO3/c13-8-3-7(14)4-9(15)11(8)16-5-6(12(18)19)1-2-10(16)17/h1-5H,(H,18,19). The van der Waals surface area contributed by atoms with Crippen molar-refractivity contribution in [3.63, 3.8) is 0 Å². The minimum Gasteiger partial charge on any atom is -0.478 e. The van der Waals surface area contributed by atoms with Crippen LogP contribution < -0.4 is 5.56 Å². The minimum atomic E-state index is -1.28. The Morgan fingerprint density at radius 2 is 1.95 bits per heavy atom. The van der Waals surface area contributed by atoms with Crippen molar-refractivity contribution in [2.24, 2.45) is 0 Å². The first-order valence-corrected chi connectivity index (χ1v) is 5.39. The average Bonchev–Trinajstić information content (AvgIpc) is 2.29. The molecule has 1 aromatic carbocycles. The van der Waals surface area contributed by atoms with Gasteiger partial charge in [-0.05, 0) is 12.1 Å². The third-order valence-electron chi connectivity index (χ3n) is 2.38. The Morgan fingerprint density at radius 3 is 2.53 bits per heavy atom. The van der Waals surface area contributed by atoms with E-state index in [9.17, 15) is 18.4 Å². The van der Waals surface area contributed by atoms with Crippen LogP contribution in [0.1, 0.15) is 10.4 Å². The van der Waals surface area contributed by atoms with Crippen LogP contribution in [0.4, 0.5) is 8.78 Å². The number of pyridine rings is 1. The normalized spacial score (nSPS) is 10.5. The number of hydrogen-bond acceptors (Lipinski definition) is 2. The van der Waals surface area contributed by atoms with E-state index in [1.165, 1.54) is 0 Å². The maximum absolute atomic E-state index is 13.7. The van der Waals surface area contributed by atoms with Crippen LogP contribution in [0.2, 0.25) is 5.02 Å². The van der Waals surface area contributed by atoms with Gasteiger partial charge in [-0.15, -0.1) is 0 Å². The van der Waals surface area contributed by atoms with Crippen molar-refractivity contribution in [1.29, 1.82) is 0 Å². The Bertz CT molecular complexity index is 704.